The third-order valence-corrected chi connectivity index (χ3v) is 2.45. The topological polar surface area (TPSA) is 103 Å². The Morgan fingerprint density at radius 3 is 1.90 bits per heavy atom. The zero-order chi connectivity index (χ0) is 15.8. The van der Waals surface area contributed by atoms with E-state index in [1.54, 1.807) is 0 Å². The smallest absolute Gasteiger partial charge is 0.336 e. The van der Waals surface area contributed by atoms with Gasteiger partial charge >= 0.3 is 5.97 Å². The maximum Gasteiger partial charge on any atom is 0.336 e. The molecule has 0 heterocycles. The van der Waals surface area contributed by atoms with Crippen LogP contribution in [0.2, 0.25) is 0 Å². The molecule has 0 aromatic heterocycles. The zero-order valence-corrected chi connectivity index (χ0v) is 12.0. The average Bonchev–Trinajstić information content (AvgIpc) is 2.49. The van der Waals surface area contributed by atoms with E-state index in [1.807, 2.05) is 0 Å². The molecular weight excluding hydrogens is 282 g/mol. The number of carboxylic acid groups (broad SMARTS) is 1. The van der Waals surface area contributed by atoms with Crippen LogP contribution in [0.15, 0.2) is 12.1 Å². The fourth-order valence-electron chi connectivity index (χ4n) is 1.53. The molecule has 0 aliphatic carbocycles. The van der Waals surface area contributed by atoms with Gasteiger partial charge in [0.25, 0.3) is 5.91 Å². The summed E-state index contributed by atoms with van der Waals surface area (Å²) in [6, 6.07) is 2.49. The molecular formula is C13H17NO7. The molecule has 0 spiro atoms. The van der Waals surface area contributed by atoms with Crippen molar-refractivity contribution < 1.29 is 33.6 Å². The number of carboxylic acids is 1. The standard InChI is InChI=1S/C13H17NO7/c1-14-12(15)8-4-10(20-6-18-2)11(21-7-19-3)5-9(8)13(16)17/h4-5H,6-7H2,1-3H3,(H,14,15)(H,16,17). The number of ether oxygens (including phenoxy) is 4. The van der Waals surface area contributed by atoms with Crippen molar-refractivity contribution in [3.63, 3.8) is 0 Å². The molecule has 116 valence electrons. The second-order valence-corrected chi connectivity index (χ2v) is 3.83. The number of amides is 1. The summed E-state index contributed by atoms with van der Waals surface area (Å²) in [6.45, 7) is -0.176. The maximum atomic E-state index is 11.8. The number of nitrogens with one attached hydrogen (secondary N) is 1. The molecule has 0 saturated heterocycles. The maximum absolute atomic E-state index is 11.8. The minimum Gasteiger partial charge on any atom is -0.478 e. The van der Waals surface area contributed by atoms with Crippen LogP contribution in [0.1, 0.15) is 20.7 Å². The summed E-state index contributed by atoms with van der Waals surface area (Å²) in [5.41, 5.74) is -0.244. The Bertz CT molecular complexity index is 515. The number of hydrogen-bond acceptors (Lipinski definition) is 6. The highest BCUT2D eigenvalue weighted by molar-refractivity contribution is 6.05. The van der Waals surface area contributed by atoms with Gasteiger partial charge in [0.1, 0.15) is 0 Å². The molecule has 0 saturated carbocycles. The molecule has 1 aromatic carbocycles. The van der Waals surface area contributed by atoms with Gasteiger partial charge in [-0.05, 0) is 12.1 Å². The molecule has 2 N–H and O–H groups in total. The monoisotopic (exact) mass is 299 g/mol. The Morgan fingerprint density at radius 2 is 1.52 bits per heavy atom. The van der Waals surface area contributed by atoms with Crippen LogP contribution in [-0.4, -0.2) is 51.8 Å². The highest BCUT2D eigenvalue weighted by atomic mass is 16.7. The van der Waals surface area contributed by atoms with Gasteiger partial charge < -0.3 is 29.4 Å². The van der Waals surface area contributed by atoms with E-state index in [-0.39, 0.29) is 36.2 Å². The van der Waals surface area contributed by atoms with E-state index in [0.29, 0.717) is 0 Å². The lowest BCUT2D eigenvalue weighted by Gasteiger charge is -2.14. The highest BCUT2D eigenvalue weighted by Gasteiger charge is 2.21. The number of hydrogen-bond donors (Lipinski definition) is 2. The zero-order valence-electron chi connectivity index (χ0n) is 12.0. The molecule has 0 unspecified atom stereocenters. The third kappa shape index (κ3) is 4.33. The van der Waals surface area contributed by atoms with Crippen molar-refractivity contribution in [1.82, 2.24) is 5.32 Å². The first-order valence-electron chi connectivity index (χ1n) is 5.92. The Labute approximate surface area is 121 Å². The van der Waals surface area contributed by atoms with Crippen LogP contribution in [0.5, 0.6) is 11.5 Å². The molecule has 8 heteroatoms. The van der Waals surface area contributed by atoms with Crippen molar-refractivity contribution in [2.24, 2.45) is 0 Å². The van der Waals surface area contributed by atoms with Crippen LogP contribution in [-0.2, 0) is 9.47 Å². The highest BCUT2D eigenvalue weighted by Crippen LogP contribution is 2.31. The van der Waals surface area contributed by atoms with Gasteiger partial charge in [-0.1, -0.05) is 0 Å². The van der Waals surface area contributed by atoms with Crippen LogP contribution in [0.3, 0.4) is 0 Å². The molecule has 0 bridgehead atoms. The SMILES string of the molecule is CNC(=O)c1cc(OCOC)c(OCOC)cc1C(=O)O. The first-order valence-corrected chi connectivity index (χ1v) is 5.92. The van der Waals surface area contributed by atoms with Gasteiger partial charge in [-0.25, -0.2) is 4.79 Å². The van der Waals surface area contributed by atoms with Gasteiger partial charge in [-0.15, -0.1) is 0 Å². The molecule has 1 aromatic rings. The predicted molar refractivity (Wildman–Crippen MR) is 71.8 cm³/mol. The number of rotatable bonds is 8. The van der Waals surface area contributed by atoms with Gasteiger partial charge in [-0.2, -0.15) is 0 Å². The second-order valence-electron chi connectivity index (χ2n) is 3.83. The van der Waals surface area contributed by atoms with Crippen LogP contribution in [0.25, 0.3) is 0 Å². The van der Waals surface area contributed by atoms with E-state index in [2.05, 4.69) is 5.32 Å². The summed E-state index contributed by atoms with van der Waals surface area (Å²) in [5, 5.41) is 11.6. The number of carbonyl (C=O) groups is 2. The molecule has 0 radical (unpaired) electrons. The van der Waals surface area contributed by atoms with Crippen molar-refractivity contribution >= 4 is 11.9 Å². The summed E-state index contributed by atoms with van der Waals surface area (Å²) in [7, 11) is 4.26. The van der Waals surface area contributed by atoms with E-state index in [9.17, 15) is 14.7 Å². The summed E-state index contributed by atoms with van der Waals surface area (Å²) >= 11 is 0. The van der Waals surface area contributed by atoms with Gasteiger partial charge in [0.05, 0.1) is 11.1 Å². The van der Waals surface area contributed by atoms with Crippen LogP contribution < -0.4 is 14.8 Å². The minimum atomic E-state index is -1.26. The van der Waals surface area contributed by atoms with Gasteiger partial charge in [0, 0.05) is 21.3 Å². The number of carbonyl (C=O) groups excluding carboxylic acids is 1. The molecule has 0 aliphatic rings. The minimum absolute atomic E-state index is 0.0409. The molecule has 21 heavy (non-hydrogen) atoms. The summed E-state index contributed by atoms with van der Waals surface area (Å²) < 4.78 is 20.1. The fraction of sp³-hybridized carbons (Fsp3) is 0.385. The Balaban J connectivity index is 3.30. The van der Waals surface area contributed by atoms with E-state index in [1.165, 1.54) is 33.4 Å². The first-order chi connectivity index (χ1) is 10.0. The number of benzene rings is 1. The van der Waals surface area contributed by atoms with E-state index >= 15 is 0 Å². The second kappa shape index (κ2) is 8.08. The van der Waals surface area contributed by atoms with Gasteiger partial charge in [-0.3, -0.25) is 4.79 Å². The molecule has 8 nitrogen and oxygen atoms in total. The largest absolute Gasteiger partial charge is 0.478 e. The van der Waals surface area contributed by atoms with Crippen molar-refractivity contribution in [2.45, 2.75) is 0 Å². The first kappa shape index (κ1) is 16.7. The lowest BCUT2D eigenvalue weighted by Crippen LogP contribution is -2.21. The quantitative estimate of drug-likeness (QED) is 0.681. The van der Waals surface area contributed by atoms with Gasteiger partial charge in [0.2, 0.25) is 0 Å². The molecule has 1 amide bonds. The Hall–Kier alpha value is -2.32. The van der Waals surface area contributed by atoms with Crippen molar-refractivity contribution in [2.75, 3.05) is 34.9 Å². The van der Waals surface area contributed by atoms with Gasteiger partial charge in [0.15, 0.2) is 25.1 Å². The fourth-order valence-corrected chi connectivity index (χ4v) is 1.53. The molecule has 0 aliphatic heterocycles. The molecule has 0 fully saturated rings. The summed E-state index contributed by atoms with van der Waals surface area (Å²) in [5.74, 6) is -1.49. The van der Waals surface area contributed by atoms with Crippen LogP contribution in [0.4, 0.5) is 0 Å². The van der Waals surface area contributed by atoms with Crippen molar-refractivity contribution in [1.29, 1.82) is 0 Å². The van der Waals surface area contributed by atoms with Crippen molar-refractivity contribution in [3.05, 3.63) is 23.3 Å². The number of methoxy groups -OCH3 is 2. The molecule has 0 atom stereocenters. The van der Waals surface area contributed by atoms with Crippen LogP contribution in [0, 0.1) is 0 Å². The van der Waals surface area contributed by atoms with Crippen molar-refractivity contribution in [3.8, 4) is 11.5 Å². The molecule has 1 rings (SSSR count). The Morgan fingerprint density at radius 1 is 1.05 bits per heavy atom. The average molecular weight is 299 g/mol. The summed E-state index contributed by atoms with van der Waals surface area (Å²) in [6.07, 6.45) is 0. The lowest BCUT2D eigenvalue weighted by molar-refractivity contribution is 0.0320. The van der Waals surface area contributed by atoms with E-state index < -0.39 is 11.9 Å². The normalized spacial score (nSPS) is 10.0. The Kier molecular flexibility index (Phi) is 6.44. The lowest BCUT2D eigenvalue weighted by atomic mass is 10.1. The van der Waals surface area contributed by atoms with E-state index in [4.69, 9.17) is 18.9 Å². The van der Waals surface area contributed by atoms with Crippen LogP contribution >= 0.6 is 0 Å². The van der Waals surface area contributed by atoms with E-state index in [0.717, 1.165) is 0 Å². The summed E-state index contributed by atoms with van der Waals surface area (Å²) in [4.78, 5) is 23.0. The predicted octanol–water partition coefficient (Wildman–Crippen LogP) is 0.710. The third-order valence-electron chi connectivity index (χ3n) is 2.45. The number of aromatic carboxylic acids is 1.